The maximum Gasteiger partial charge on any atom is 0.0407 e. The normalized spacial score (nSPS) is 17.9. The summed E-state index contributed by atoms with van der Waals surface area (Å²) < 4.78 is 0. The summed E-state index contributed by atoms with van der Waals surface area (Å²) in [6.45, 7) is 10.7. The predicted molar refractivity (Wildman–Crippen MR) is 127 cm³/mol. The summed E-state index contributed by atoms with van der Waals surface area (Å²) in [4.78, 5) is 2.66. The van der Waals surface area contributed by atoms with Crippen LogP contribution >= 0.6 is 0 Å². The van der Waals surface area contributed by atoms with Crippen molar-refractivity contribution in [3.63, 3.8) is 0 Å². The second-order valence-corrected chi connectivity index (χ2v) is 9.70. The summed E-state index contributed by atoms with van der Waals surface area (Å²) in [7, 11) is 0. The van der Waals surface area contributed by atoms with Crippen molar-refractivity contribution in [2.24, 2.45) is 0 Å². The minimum absolute atomic E-state index is 0.270. The quantitative estimate of drug-likeness (QED) is 0.273. The zero-order valence-corrected chi connectivity index (χ0v) is 19.4. The first-order valence-corrected chi connectivity index (χ1v) is 12.4. The molecule has 0 radical (unpaired) electrons. The minimum atomic E-state index is 0.270. The number of benzene rings is 1. The van der Waals surface area contributed by atoms with Crippen molar-refractivity contribution in [1.29, 1.82) is 0 Å². The molecule has 2 rings (SSSR count). The van der Waals surface area contributed by atoms with E-state index in [0.717, 1.165) is 0 Å². The van der Waals surface area contributed by atoms with Crippen LogP contribution in [0.3, 0.4) is 0 Å². The summed E-state index contributed by atoms with van der Waals surface area (Å²) >= 11 is 0. The van der Waals surface area contributed by atoms with Gasteiger partial charge in [-0.15, -0.1) is 0 Å². The largest absolute Gasteiger partial charge is 0.368 e. The molecule has 28 heavy (non-hydrogen) atoms. The molecule has 0 amide bonds. The van der Waals surface area contributed by atoms with E-state index in [1.54, 1.807) is 0 Å². The van der Waals surface area contributed by atoms with Gasteiger partial charge in [0, 0.05) is 23.7 Å². The molecule has 1 heterocycles. The van der Waals surface area contributed by atoms with Gasteiger partial charge in [0.1, 0.15) is 0 Å². The standard InChI is InChI=1S/C27H47N/c1-5-6-7-8-9-10-11-12-13-14-15-16-17-20-23-28-24(2)27(3,4)25-21-18-19-22-26(25)28/h18-19,21-22,24H,5-17,20,23H2,1-4H3. The van der Waals surface area contributed by atoms with Crippen LogP contribution in [0.5, 0.6) is 0 Å². The molecule has 0 N–H and O–H groups in total. The number of fused-ring (bicyclic) bond motifs is 1. The SMILES string of the molecule is CCCCCCCCCCCCCCCCN1c2ccccc2C(C)(C)C1C. The molecule has 0 bridgehead atoms. The molecule has 0 saturated carbocycles. The monoisotopic (exact) mass is 385 g/mol. The molecule has 1 atom stereocenters. The van der Waals surface area contributed by atoms with Gasteiger partial charge >= 0.3 is 0 Å². The molecule has 160 valence electrons. The molecular weight excluding hydrogens is 338 g/mol. The van der Waals surface area contributed by atoms with Crippen LogP contribution in [0.25, 0.3) is 0 Å². The number of nitrogens with zero attached hydrogens (tertiary/aromatic N) is 1. The summed E-state index contributed by atoms with van der Waals surface area (Å²) in [6, 6.07) is 9.66. The van der Waals surface area contributed by atoms with Crippen LogP contribution in [0.4, 0.5) is 5.69 Å². The molecule has 0 fully saturated rings. The molecule has 1 nitrogen and oxygen atoms in total. The number of hydrogen-bond acceptors (Lipinski definition) is 1. The lowest BCUT2D eigenvalue weighted by molar-refractivity contribution is 0.436. The Morgan fingerprint density at radius 2 is 1.18 bits per heavy atom. The van der Waals surface area contributed by atoms with Crippen LogP contribution in [0.15, 0.2) is 24.3 Å². The van der Waals surface area contributed by atoms with Gasteiger partial charge in [-0.2, -0.15) is 0 Å². The highest BCUT2D eigenvalue weighted by Crippen LogP contribution is 2.44. The predicted octanol–water partition coefficient (Wildman–Crippen LogP) is 8.65. The number of para-hydroxylation sites is 1. The summed E-state index contributed by atoms with van der Waals surface area (Å²) in [5.41, 5.74) is 3.29. The smallest absolute Gasteiger partial charge is 0.0407 e. The maximum absolute atomic E-state index is 2.66. The van der Waals surface area contributed by atoms with Gasteiger partial charge in [0.2, 0.25) is 0 Å². The topological polar surface area (TPSA) is 3.24 Å². The van der Waals surface area contributed by atoms with Gasteiger partial charge in [-0.3, -0.25) is 0 Å². The summed E-state index contributed by atoms with van der Waals surface area (Å²) in [6.07, 6.45) is 20.1. The van der Waals surface area contributed by atoms with Gasteiger partial charge in [-0.05, 0) is 25.0 Å². The van der Waals surface area contributed by atoms with Gasteiger partial charge < -0.3 is 4.90 Å². The van der Waals surface area contributed by atoms with Gasteiger partial charge in [-0.1, -0.05) is 122 Å². The Balaban J connectivity index is 1.48. The first kappa shape index (κ1) is 23.3. The minimum Gasteiger partial charge on any atom is -0.368 e. The fourth-order valence-electron chi connectivity index (χ4n) is 4.88. The summed E-state index contributed by atoms with van der Waals surface area (Å²) in [5, 5.41) is 0. The molecule has 1 unspecified atom stereocenters. The third-order valence-electron chi connectivity index (χ3n) is 7.17. The van der Waals surface area contributed by atoms with E-state index in [9.17, 15) is 0 Å². The van der Waals surface area contributed by atoms with E-state index in [1.807, 2.05) is 0 Å². The molecule has 1 aromatic rings. The van der Waals surface area contributed by atoms with Gasteiger partial charge in [0.25, 0.3) is 0 Å². The first-order chi connectivity index (χ1) is 13.6. The Morgan fingerprint density at radius 1 is 0.714 bits per heavy atom. The highest BCUT2D eigenvalue weighted by molar-refractivity contribution is 5.63. The van der Waals surface area contributed by atoms with E-state index in [4.69, 9.17) is 0 Å². The molecule has 1 heteroatoms. The van der Waals surface area contributed by atoms with E-state index in [0.29, 0.717) is 6.04 Å². The summed E-state index contributed by atoms with van der Waals surface area (Å²) in [5.74, 6) is 0. The Morgan fingerprint density at radius 3 is 1.71 bits per heavy atom. The van der Waals surface area contributed by atoms with Gasteiger partial charge in [-0.25, -0.2) is 0 Å². The van der Waals surface area contributed by atoms with Crippen LogP contribution in [0.2, 0.25) is 0 Å². The second-order valence-electron chi connectivity index (χ2n) is 9.70. The van der Waals surface area contributed by atoms with E-state index in [-0.39, 0.29) is 5.41 Å². The molecule has 0 aromatic heterocycles. The lowest BCUT2D eigenvalue weighted by Gasteiger charge is -2.31. The third kappa shape index (κ3) is 6.82. The van der Waals surface area contributed by atoms with Gasteiger partial charge in [0.15, 0.2) is 0 Å². The van der Waals surface area contributed by atoms with Crippen molar-refractivity contribution in [2.75, 3.05) is 11.4 Å². The lowest BCUT2D eigenvalue weighted by atomic mass is 9.81. The highest BCUT2D eigenvalue weighted by atomic mass is 15.2. The first-order valence-electron chi connectivity index (χ1n) is 12.4. The Hall–Kier alpha value is -0.980. The van der Waals surface area contributed by atoms with Crippen LogP contribution in [-0.4, -0.2) is 12.6 Å². The second kappa shape index (κ2) is 12.6. The number of rotatable bonds is 15. The molecule has 1 aliphatic rings. The maximum atomic E-state index is 2.66. The fraction of sp³-hybridized carbons (Fsp3) is 0.778. The average molecular weight is 386 g/mol. The molecule has 0 aliphatic carbocycles. The van der Waals surface area contributed by atoms with Crippen LogP contribution in [0.1, 0.15) is 123 Å². The molecule has 1 aliphatic heterocycles. The van der Waals surface area contributed by atoms with Crippen molar-refractivity contribution in [1.82, 2.24) is 0 Å². The van der Waals surface area contributed by atoms with Crippen molar-refractivity contribution < 1.29 is 0 Å². The van der Waals surface area contributed by atoms with Crippen molar-refractivity contribution in [3.05, 3.63) is 29.8 Å². The van der Waals surface area contributed by atoms with Gasteiger partial charge in [0.05, 0.1) is 0 Å². The average Bonchev–Trinajstić information content (AvgIpc) is 2.89. The van der Waals surface area contributed by atoms with Crippen molar-refractivity contribution in [2.45, 2.75) is 129 Å². The Labute approximate surface area is 176 Å². The fourth-order valence-corrected chi connectivity index (χ4v) is 4.88. The van der Waals surface area contributed by atoms with Crippen molar-refractivity contribution >= 4 is 5.69 Å². The van der Waals surface area contributed by atoms with Crippen LogP contribution < -0.4 is 4.90 Å². The third-order valence-corrected chi connectivity index (χ3v) is 7.17. The van der Waals surface area contributed by atoms with Crippen molar-refractivity contribution in [3.8, 4) is 0 Å². The van der Waals surface area contributed by atoms with E-state index < -0.39 is 0 Å². The highest BCUT2D eigenvalue weighted by Gasteiger charge is 2.40. The zero-order chi connectivity index (χ0) is 20.2. The number of unbranched alkanes of at least 4 members (excludes halogenated alkanes) is 13. The van der Waals surface area contributed by atoms with Crippen LogP contribution in [0, 0.1) is 0 Å². The van der Waals surface area contributed by atoms with E-state index in [1.165, 1.54) is 108 Å². The molecule has 0 spiro atoms. The Bertz CT molecular complexity index is 533. The molecular formula is C27H47N. The van der Waals surface area contributed by atoms with E-state index >= 15 is 0 Å². The molecule has 1 aromatic carbocycles. The van der Waals surface area contributed by atoms with Crippen LogP contribution in [-0.2, 0) is 5.41 Å². The molecule has 0 saturated heterocycles. The zero-order valence-electron chi connectivity index (χ0n) is 19.4. The van der Waals surface area contributed by atoms with E-state index in [2.05, 4.69) is 56.9 Å². The number of anilines is 1. The number of hydrogen-bond donors (Lipinski definition) is 0. The Kier molecular flexibility index (Phi) is 10.4. The lowest BCUT2D eigenvalue weighted by Crippen LogP contribution is -2.39.